The summed E-state index contributed by atoms with van der Waals surface area (Å²) in [6.45, 7) is 7.58. The van der Waals surface area contributed by atoms with Crippen molar-refractivity contribution in [2.45, 2.75) is 52.6 Å². The average Bonchev–Trinajstić information content (AvgIpc) is 2.65. The molecule has 0 saturated heterocycles. The highest BCUT2D eigenvalue weighted by Crippen LogP contribution is 2.10. The van der Waals surface area contributed by atoms with Gasteiger partial charge in [0.2, 0.25) is 0 Å². The van der Waals surface area contributed by atoms with E-state index in [1.54, 1.807) is 0 Å². The van der Waals surface area contributed by atoms with Crippen molar-refractivity contribution in [2.24, 2.45) is 0 Å². The lowest BCUT2D eigenvalue weighted by atomic mass is 10.1. The number of hydrogen-bond acceptors (Lipinski definition) is 3. The average molecular weight is 354 g/mol. The molecule has 0 fully saturated rings. The summed E-state index contributed by atoms with van der Waals surface area (Å²) in [5.74, 6) is 6.04. The van der Waals surface area contributed by atoms with Crippen LogP contribution < -0.4 is 0 Å². The van der Waals surface area contributed by atoms with Gasteiger partial charge in [0, 0.05) is 19.5 Å². The Balaban J connectivity index is 3.02. The third-order valence-electron chi connectivity index (χ3n) is 3.78. The largest absolute Gasteiger partial charge is 0.464 e. The quantitative estimate of drug-likeness (QED) is 0.263. The number of nitrogens with zero attached hydrogens (tertiary/aromatic N) is 1. The fourth-order valence-corrected chi connectivity index (χ4v) is 2.42. The minimum Gasteiger partial charge on any atom is -0.464 e. The van der Waals surface area contributed by atoms with Crippen LogP contribution in [0.3, 0.4) is 0 Å². The number of benzene rings is 1. The molecule has 0 aromatic heterocycles. The van der Waals surface area contributed by atoms with Crippen LogP contribution in [0.1, 0.15) is 45.6 Å². The van der Waals surface area contributed by atoms with E-state index in [2.05, 4.69) is 35.8 Å². The van der Waals surface area contributed by atoms with Gasteiger partial charge in [-0.05, 0) is 25.8 Å². The fourth-order valence-electron chi connectivity index (χ4n) is 2.42. The van der Waals surface area contributed by atoms with Crippen molar-refractivity contribution in [1.29, 1.82) is 0 Å². The third-order valence-corrected chi connectivity index (χ3v) is 3.78. The predicted molar refractivity (Wildman–Crippen MR) is 109 cm³/mol. The lowest BCUT2D eigenvalue weighted by molar-refractivity contribution is -0.147. The first-order valence-corrected chi connectivity index (χ1v) is 9.43. The Bertz CT molecular complexity index is 623. The molecule has 0 saturated carbocycles. The van der Waals surface area contributed by atoms with E-state index in [-0.39, 0.29) is 5.97 Å². The summed E-state index contributed by atoms with van der Waals surface area (Å²) in [5.41, 5.74) is 1.15. The number of carbonyl (C=O) groups excluding carboxylic acids is 1. The molecule has 0 heterocycles. The molecule has 0 bridgehead atoms. The molecule has 0 N–H and O–H groups in total. The molecule has 1 aromatic rings. The summed E-state index contributed by atoms with van der Waals surface area (Å²) in [7, 11) is 0. The van der Waals surface area contributed by atoms with Gasteiger partial charge in [-0.3, -0.25) is 4.90 Å². The van der Waals surface area contributed by atoms with Crippen LogP contribution in [0.5, 0.6) is 0 Å². The van der Waals surface area contributed by atoms with Crippen LogP contribution >= 0.6 is 0 Å². The molecule has 1 atom stereocenters. The number of allylic oxidation sites excluding steroid dienone is 3. The number of rotatable bonds is 10. The van der Waals surface area contributed by atoms with Crippen molar-refractivity contribution in [2.75, 3.05) is 13.2 Å². The normalized spacial score (nSPS) is 12.3. The molecule has 0 aliphatic rings. The van der Waals surface area contributed by atoms with Gasteiger partial charge in [-0.2, -0.15) is 0 Å². The minimum atomic E-state index is -0.553. The maximum absolute atomic E-state index is 12.5. The molecule has 0 aliphatic carbocycles. The molecule has 0 spiro atoms. The number of esters is 1. The van der Waals surface area contributed by atoms with Gasteiger partial charge in [0.25, 0.3) is 0 Å². The summed E-state index contributed by atoms with van der Waals surface area (Å²) in [6.07, 6.45) is 10.9. The zero-order valence-corrected chi connectivity index (χ0v) is 16.3. The molecule has 1 aromatic carbocycles. The van der Waals surface area contributed by atoms with E-state index in [9.17, 15) is 4.79 Å². The Morgan fingerprint density at radius 3 is 2.65 bits per heavy atom. The second kappa shape index (κ2) is 13.9. The summed E-state index contributed by atoms with van der Waals surface area (Å²) in [6, 6.07) is 9.59. The van der Waals surface area contributed by atoms with Crippen LogP contribution in [0.15, 0.2) is 54.6 Å². The monoisotopic (exact) mass is 353 g/mol. The van der Waals surface area contributed by atoms with E-state index in [1.165, 1.54) is 0 Å². The molecule has 3 heteroatoms. The first-order valence-electron chi connectivity index (χ1n) is 9.43. The minimum absolute atomic E-state index is 0.271. The molecule has 140 valence electrons. The Morgan fingerprint density at radius 2 is 2.00 bits per heavy atom. The van der Waals surface area contributed by atoms with Gasteiger partial charge >= 0.3 is 5.97 Å². The highest BCUT2D eigenvalue weighted by Gasteiger charge is 2.24. The zero-order valence-electron chi connectivity index (χ0n) is 16.3. The van der Waals surface area contributed by atoms with Crippen LogP contribution in [0.4, 0.5) is 0 Å². The second-order valence-electron chi connectivity index (χ2n) is 5.95. The van der Waals surface area contributed by atoms with Crippen LogP contribution in [-0.2, 0) is 16.1 Å². The van der Waals surface area contributed by atoms with Crippen molar-refractivity contribution in [3.63, 3.8) is 0 Å². The highest BCUT2D eigenvalue weighted by molar-refractivity contribution is 5.79. The molecule has 1 unspecified atom stereocenters. The predicted octanol–water partition coefficient (Wildman–Crippen LogP) is 4.75. The molecule has 0 aliphatic heterocycles. The molecule has 0 radical (unpaired) electrons. The van der Waals surface area contributed by atoms with Gasteiger partial charge in [-0.25, -0.2) is 4.79 Å². The van der Waals surface area contributed by atoms with Crippen LogP contribution in [0, 0.1) is 11.8 Å². The maximum atomic E-state index is 12.5. The van der Waals surface area contributed by atoms with E-state index in [1.807, 2.05) is 56.4 Å². The third kappa shape index (κ3) is 8.69. The summed E-state index contributed by atoms with van der Waals surface area (Å²) in [4.78, 5) is 14.6. The molecule has 26 heavy (non-hydrogen) atoms. The zero-order chi connectivity index (χ0) is 19.0. The van der Waals surface area contributed by atoms with Crippen molar-refractivity contribution < 1.29 is 9.53 Å². The van der Waals surface area contributed by atoms with E-state index < -0.39 is 6.04 Å². The summed E-state index contributed by atoms with van der Waals surface area (Å²) >= 11 is 0. The Labute approximate surface area is 158 Å². The first kappa shape index (κ1) is 21.7. The van der Waals surface area contributed by atoms with Gasteiger partial charge < -0.3 is 4.74 Å². The van der Waals surface area contributed by atoms with Gasteiger partial charge in [0.15, 0.2) is 6.04 Å². The van der Waals surface area contributed by atoms with E-state index in [4.69, 9.17) is 4.74 Å². The van der Waals surface area contributed by atoms with Crippen LogP contribution in [0.25, 0.3) is 0 Å². The fraction of sp³-hybridized carbons (Fsp3) is 0.435. The van der Waals surface area contributed by atoms with E-state index in [0.29, 0.717) is 19.7 Å². The van der Waals surface area contributed by atoms with Crippen LogP contribution in [0.2, 0.25) is 0 Å². The standard InChI is InChI=1S/C23H31NO2/c1-4-7-9-14-18-22(23(25)26-6-3)24(19-15-10-8-5-2)20-21-16-12-11-13-17-21/h5,8,10-13,15-17,22H,4,6-7,9,19-20H2,1-3H3/b8-5+,15-10+. The highest BCUT2D eigenvalue weighted by atomic mass is 16.5. The van der Waals surface area contributed by atoms with Crippen molar-refractivity contribution in [1.82, 2.24) is 4.90 Å². The van der Waals surface area contributed by atoms with Crippen molar-refractivity contribution in [3.05, 3.63) is 60.2 Å². The number of carbonyl (C=O) groups is 1. The van der Waals surface area contributed by atoms with Gasteiger partial charge in [-0.15, -0.1) is 5.92 Å². The Morgan fingerprint density at radius 1 is 1.23 bits per heavy atom. The first-order chi connectivity index (χ1) is 12.7. The van der Waals surface area contributed by atoms with Crippen molar-refractivity contribution in [3.8, 4) is 11.8 Å². The Kier molecular flexibility index (Phi) is 11.6. The number of ether oxygens (including phenoxy) is 1. The van der Waals surface area contributed by atoms with Gasteiger partial charge in [0.1, 0.15) is 0 Å². The maximum Gasteiger partial charge on any atom is 0.335 e. The van der Waals surface area contributed by atoms with Gasteiger partial charge in [0.05, 0.1) is 6.61 Å². The smallest absolute Gasteiger partial charge is 0.335 e. The number of unbranched alkanes of at least 4 members (excludes halogenated alkanes) is 2. The lowest BCUT2D eigenvalue weighted by Crippen LogP contribution is -2.41. The molecule has 3 nitrogen and oxygen atoms in total. The summed E-state index contributed by atoms with van der Waals surface area (Å²) in [5, 5.41) is 0. The van der Waals surface area contributed by atoms with Gasteiger partial charge in [-0.1, -0.05) is 73.9 Å². The summed E-state index contributed by atoms with van der Waals surface area (Å²) < 4.78 is 5.29. The van der Waals surface area contributed by atoms with Crippen molar-refractivity contribution >= 4 is 5.97 Å². The molecular formula is C23H31NO2. The Hall–Kier alpha value is -2.31. The van der Waals surface area contributed by atoms with Crippen LogP contribution in [-0.4, -0.2) is 30.1 Å². The molecule has 1 rings (SSSR count). The van der Waals surface area contributed by atoms with E-state index >= 15 is 0 Å². The molecular weight excluding hydrogens is 322 g/mol. The van der Waals surface area contributed by atoms with E-state index in [0.717, 1.165) is 24.8 Å². The molecule has 0 amide bonds. The lowest BCUT2D eigenvalue weighted by Gasteiger charge is -2.25. The number of hydrogen-bond donors (Lipinski definition) is 0. The topological polar surface area (TPSA) is 29.5 Å². The second-order valence-corrected chi connectivity index (χ2v) is 5.95. The SMILES string of the molecule is C/C=C/C=C/CN(Cc1ccccc1)C(C#CCCCC)C(=O)OCC.